The van der Waals surface area contributed by atoms with Gasteiger partial charge in [0.05, 0.1) is 24.6 Å². The maximum Gasteiger partial charge on any atom is 0.309 e. The van der Waals surface area contributed by atoms with Gasteiger partial charge in [0, 0.05) is 22.6 Å². The molecule has 3 heterocycles. The molecule has 0 bridgehead atoms. The van der Waals surface area contributed by atoms with Gasteiger partial charge in [0.15, 0.2) is 0 Å². The first-order valence-electron chi connectivity index (χ1n) is 11.4. The smallest absolute Gasteiger partial charge is 0.309 e. The molecule has 0 saturated heterocycles. The molecule has 36 heavy (non-hydrogen) atoms. The highest BCUT2D eigenvalue weighted by Gasteiger charge is 2.44. The molecule has 1 amide bonds. The number of hydrogen-bond acceptors (Lipinski definition) is 8. The highest BCUT2D eigenvalue weighted by atomic mass is 32.1. The van der Waals surface area contributed by atoms with Crippen LogP contribution in [0.25, 0.3) is 11.3 Å². The van der Waals surface area contributed by atoms with Gasteiger partial charge < -0.3 is 14.8 Å². The molecule has 0 aliphatic carbocycles. The zero-order chi connectivity index (χ0) is 25.3. The van der Waals surface area contributed by atoms with Gasteiger partial charge in [0.1, 0.15) is 11.3 Å². The molecule has 1 aliphatic rings. The predicted octanol–water partition coefficient (Wildman–Crippen LogP) is 5.22. The summed E-state index contributed by atoms with van der Waals surface area (Å²) in [7, 11) is 1.38. The van der Waals surface area contributed by atoms with Crippen molar-refractivity contribution in [2.75, 3.05) is 12.4 Å². The minimum Gasteiger partial charge on any atom is -0.469 e. The third kappa shape index (κ3) is 4.45. The second-order valence-corrected chi connectivity index (χ2v) is 9.87. The summed E-state index contributed by atoms with van der Waals surface area (Å²) in [6.45, 7) is 3.82. The van der Waals surface area contributed by atoms with Crippen molar-refractivity contribution in [3.8, 4) is 22.9 Å². The van der Waals surface area contributed by atoms with E-state index in [1.54, 1.807) is 5.51 Å². The van der Waals surface area contributed by atoms with E-state index in [9.17, 15) is 9.59 Å². The normalized spacial score (nSPS) is 14.2. The van der Waals surface area contributed by atoms with Crippen molar-refractivity contribution in [3.05, 3.63) is 82.9 Å². The summed E-state index contributed by atoms with van der Waals surface area (Å²) < 4.78 is 11.0. The molecule has 5 rings (SSSR count). The molecule has 1 atom stereocenters. The summed E-state index contributed by atoms with van der Waals surface area (Å²) in [6.07, 6.45) is 0.212. The molecule has 8 nitrogen and oxygen atoms in total. The summed E-state index contributed by atoms with van der Waals surface area (Å²) in [5.41, 5.74) is 4.96. The summed E-state index contributed by atoms with van der Waals surface area (Å²) in [4.78, 5) is 29.8. The number of aromatic nitrogens is 3. The summed E-state index contributed by atoms with van der Waals surface area (Å²) in [5, 5.41) is 11.1. The molecular formula is C27H24N4O4S. The number of methoxy groups -OCH3 is 1. The van der Waals surface area contributed by atoms with Gasteiger partial charge >= 0.3 is 5.97 Å². The highest BCUT2D eigenvalue weighted by Crippen LogP contribution is 2.52. The number of esters is 1. The molecule has 2 aromatic carbocycles. The number of rotatable bonds is 6. The van der Waals surface area contributed by atoms with Crippen LogP contribution in [0, 0.1) is 5.41 Å². The lowest BCUT2D eigenvalue weighted by Crippen LogP contribution is -2.38. The molecule has 0 saturated carbocycles. The maximum atomic E-state index is 13.4. The first kappa shape index (κ1) is 23.6. The molecule has 2 aromatic heterocycles. The van der Waals surface area contributed by atoms with Gasteiger partial charge in [-0.3, -0.25) is 9.59 Å². The van der Waals surface area contributed by atoms with Gasteiger partial charge in [0.2, 0.25) is 16.9 Å². The van der Waals surface area contributed by atoms with E-state index in [1.807, 2.05) is 74.5 Å². The third-order valence-electron chi connectivity index (χ3n) is 6.35. The van der Waals surface area contributed by atoms with E-state index in [0.29, 0.717) is 16.8 Å². The van der Waals surface area contributed by atoms with E-state index in [-0.39, 0.29) is 24.2 Å². The highest BCUT2D eigenvalue weighted by molar-refractivity contribution is 7.13. The van der Waals surface area contributed by atoms with Gasteiger partial charge in [-0.2, -0.15) is 0 Å². The lowest BCUT2D eigenvalue weighted by molar-refractivity contribution is -0.139. The average Bonchev–Trinajstić information content (AvgIpc) is 3.40. The summed E-state index contributed by atoms with van der Waals surface area (Å²) in [5.74, 6) is 0.383. The molecule has 9 heteroatoms. The standard InChI is InChI=1S/C27H24N4O4S/c1-27(2,25(33)30-26-31-28-15-36-26)23-18-6-4-5-7-21(18)35-24-19(23)12-13-20(29-24)17-10-8-16(9-11-17)14-22(32)34-3/h4-13,15,23H,14H2,1-3H3,(H,30,31,33)/t23-/m0/s1. The van der Waals surface area contributed by atoms with Crippen LogP contribution in [0.4, 0.5) is 5.13 Å². The lowest BCUT2D eigenvalue weighted by Gasteiger charge is -2.37. The SMILES string of the molecule is COC(=O)Cc1ccc(-c2ccc3c(n2)Oc2ccccc2[C@@H]3C(C)(C)C(=O)Nc2nncs2)cc1. The summed E-state index contributed by atoms with van der Waals surface area (Å²) in [6, 6.07) is 19.2. The van der Waals surface area contributed by atoms with Crippen molar-refractivity contribution in [1.82, 2.24) is 15.2 Å². The second kappa shape index (κ2) is 9.50. The van der Waals surface area contributed by atoms with E-state index >= 15 is 0 Å². The molecule has 0 fully saturated rings. The van der Waals surface area contributed by atoms with Gasteiger partial charge in [-0.05, 0) is 17.7 Å². The number of para-hydroxylation sites is 1. The molecular weight excluding hydrogens is 476 g/mol. The van der Waals surface area contributed by atoms with Crippen LogP contribution in [0.15, 0.2) is 66.2 Å². The fraction of sp³-hybridized carbons (Fsp3) is 0.222. The first-order valence-corrected chi connectivity index (χ1v) is 12.3. The number of ether oxygens (including phenoxy) is 2. The second-order valence-electron chi connectivity index (χ2n) is 9.03. The van der Waals surface area contributed by atoms with Gasteiger partial charge in [-0.25, -0.2) is 4.98 Å². The van der Waals surface area contributed by atoms with Gasteiger partial charge in [-0.15, -0.1) is 10.2 Å². The number of fused-ring (bicyclic) bond motifs is 2. The fourth-order valence-corrected chi connectivity index (χ4v) is 4.86. The van der Waals surface area contributed by atoms with Crippen molar-refractivity contribution in [1.29, 1.82) is 0 Å². The molecule has 0 unspecified atom stereocenters. The van der Waals surface area contributed by atoms with Crippen LogP contribution in [-0.4, -0.2) is 34.2 Å². The van der Waals surface area contributed by atoms with Crippen molar-refractivity contribution in [2.45, 2.75) is 26.2 Å². The topological polar surface area (TPSA) is 103 Å². The van der Waals surface area contributed by atoms with Crippen LogP contribution in [0.5, 0.6) is 11.6 Å². The van der Waals surface area contributed by atoms with Crippen LogP contribution < -0.4 is 10.1 Å². The first-order chi connectivity index (χ1) is 17.4. The Morgan fingerprint density at radius 3 is 2.56 bits per heavy atom. The van der Waals surface area contributed by atoms with Crippen molar-refractivity contribution in [3.63, 3.8) is 0 Å². The van der Waals surface area contributed by atoms with E-state index in [2.05, 4.69) is 15.5 Å². The molecule has 0 radical (unpaired) electrons. The van der Waals surface area contributed by atoms with Crippen molar-refractivity contribution >= 4 is 28.3 Å². The minimum atomic E-state index is -0.848. The number of carbonyl (C=O) groups is 2. The number of carbonyl (C=O) groups excluding carboxylic acids is 2. The third-order valence-corrected chi connectivity index (χ3v) is 6.96. The molecule has 0 spiro atoms. The molecule has 1 aliphatic heterocycles. The van der Waals surface area contributed by atoms with E-state index in [4.69, 9.17) is 14.5 Å². The van der Waals surface area contributed by atoms with Crippen LogP contribution in [0.1, 0.15) is 36.5 Å². The van der Waals surface area contributed by atoms with Crippen LogP contribution in [0.2, 0.25) is 0 Å². The van der Waals surface area contributed by atoms with E-state index < -0.39 is 5.41 Å². The summed E-state index contributed by atoms with van der Waals surface area (Å²) >= 11 is 1.27. The number of pyridine rings is 1. The van der Waals surface area contributed by atoms with E-state index in [1.165, 1.54) is 18.4 Å². The zero-order valence-corrected chi connectivity index (χ0v) is 20.8. The Balaban J connectivity index is 1.50. The Morgan fingerprint density at radius 1 is 1.06 bits per heavy atom. The predicted molar refractivity (Wildman–Crippen MR) is 136 cm³/mol. The van der Waals surface area contributed by atoms with Crippen LogP contribution >= 0.6 is 11.3 Å². The quantitative estimate of drug-likeness (QED) is 0.362. The molecule has 4 aromatic rings. The Hall–Kier alpha value is -4.11. The monoisotopic (exact) mass is 500 g/mol. The van der Waals surface area contributed by atoms with Crippen molar-refractivity contribution in [2.24, 2.45) is 5.41 Å². The van der Waals surface area contributed by atoms with Gasteiger partial charge in [0.25, 0.3) is 0 Å². The van der Waals surface area contributed by atoms with E-state index in [0.717, 1.165) is 27.9 Å². The minimum absolute atomic E-state index is 0.169. The number of hydrogen-bond donors (Lipinski definition) is 1. The number of amides is 1. The van der Waals surface area contributed by atoms with Gasteiger partial charge in [-0.1, -0.05) is 73.7 Å². The molecule has 1 N–H and O–H groups in total. The number of benzene rings is 2. The van der Waals surface area contributed by atoms with Crippen LogP contribution in [0.3, 0.4) is 0 Å². The van der Waals surface area contributed by atoms with Crippen molar-refractivity contribution < 1.29 is 19.1 Å². The Labute approximate surface area is 212 Å². The maximum absolute atomic E-state index is 13.4. The average molecular weight is 501 g/mol. The molecule has 182 valence electrons. The fourth-order valence-electron chi connectivity index (χ4n) is 4.42. The number of nitrogens with zero attached hydrogens (tertiary/aromatic N) is 3. The number of anilines is 1. The lowest BCUT2D eigenvalue weighted by atomic mass is 9.69. The number of nitrogens with one attached hydrogen (secondary N) is 1. The largest absolute Gasteiger partial charge is 0.469 e. The Morgan fingerprint density at radius 2 is 1.83 bits per heavy atom. The van der Waals surface area contributed by atoms with Crippen LogP contribution in [-0.2, 0) is 20.7 Å². The zero-order valence-electron chi connectivity index (χ0n) is 20.0. The Bertz CT molecular complexity index is 1420. The Kier molecular flexibility index (Phi) is 6.24.